The highest BCUT2D eigenvalue weighted by molar-refractivity contribution is 5.39. The highest BCUT2D eigenvalue weighted by atomic mass is 16.5. The Bertz CT molecular complexity index is 356. The number of methoxy groups -OCH3 is 1. The molecule has 2 rings (SSSR count). The van der Waals surface area contributed by atoms with Gasteiger partial charge in [0.2, 0.25) is 0 Å². The molecular formula is C13H19NO3. The molecule has 1 aliphatic rings. The van der Waals surface area contributed by atoms with E-state index in [2.05, 4.69) is 4.90 Å². The van der Waals surface area contributed by atoms with Crippen molar-refractivity contribution in [3.8, 4) is 11.5 Å². The third-order valence-corrected chi connectivity index (χ3v) is 2.98. The summed E-state index contributed by atoms with van der Waals surface area (Å²) in [6.45, 7) is 3.17. The first-order chi connectivity index (χ1) is 8.29. The molecule has 1 aliphatic heterocycles. The second-order valence-electron chi connectivity index (χ2n) is 4.24. The number of ether oxygens (including phenoxy) is 2. The van der Waals surface area contributed by atoms with E-state index in [0.717, 1.165) is 37.6 Å². The van der Waals surface area contributed by atoms with Crippen LogP contribution in [0.25, 0.3) is 0 Å². The summed E-state index contributed by atoms with van der Waals surface area (Å²) in [7, 11) is 1.64. The molecular weight excluding hydrogens is 218 g/mol. The van der Waals surface area contributed by atoms with Crippen LogP contribution in [0.1, 0.15) is 6.42 Å². The number of rotatable bonds is 5. The predicted molar refractivity (Wildman–Crippen MR) is 65.6 cm³/mol. The minimum absolute atomic E-state index is 0.165. The highest BCUT2D eigenvalue weighted by Crippen LogP contribution is 2.25. The molecule has 1 N–H and O–H groups in total. The van der Waals surface area contributed by atoms with Crippen LogP contribution in [-0.4, -0.2) is 49.5 Å². The lowest BCUT2D eigenvalue weighted by Gasteiger charge is -2.16. The third-order valence-electron chi connectivity index (χ3n) is 2.98. The number of likely N-dealkylation sites (tertiary alicyclic amines) is 1. The number of β-amino-alcohol motifs (C(OH)–C–C–N with tert-alkyl or cyclic N) is 1. The van der Waals surface area contributed by atoms with Crippen LogP contribution in [0.5, 0.6) is 11.5 Å². The molecule has 0 unspecified atom stereocenters. The topological polar surface area (TPSA) is 41.9 Å². The molecule has 4 nitrogen and oxygen atoms in total. The van der Waals surface area contributed by atoms with Gasteiger partial charge in [0.1, 0.15) is 6.61 Å². The molecule has 1 heterocycles. The maximum Gasteiger partial charge on any atom is 0.161 e. The Morgan fingerprint density at radius 2 is 2.12 bits per heavy atom. The van der Waals surface area contributed by atoms with Gasteiger partial charge >= 0.3 is 0 Å². The lowest BCUT2D eigenvalue weighted by atomic mass is 10.3. The molecule has 1 aromatic rings. The van der Waals surface area contributed by atoms with Crippen LogP contribution >= 0.6 is 0 Å². The second kappa shape index (κ2) is 5.89. The maximum atomic E-state index is 9.40. The molecule has 17 heavy (non-hydrogen) atoms. The number of aliphatic hydroxyl groups is 1. The van der Waals surface area contributed by atoms with E-state index < -0.39 is 0 Å². The van der Waals surface area contributed by atoms with Gasteiger partial charge in [0.25, 0.3) is 0 Å². The lowest BCUT2D eigenvalue weighted by Crippen LogP contribution is -2.27. The summed E-state index contributed by atoms with van der Waals surface area (Å²) >= 11 is 0. The number of benzene rings is 1. The minimum Gasteiger partial charge on any atom is -0.493 e. The Morgan fingerprint density at radius 1 is 1.35 bits per heavy atom. The van der Waals surface area contributed by atoms with Crippen LogP contribution < -0.4 is 9.47 Å². The van der Waals surface area contributed by atoms with E-state index in [1.54, 1.807) is 7.11 Å². The van der Waals surface area contributed by atoms with E-state index in [0.29, 0.717) is 6.61 Å². The molecule has 0 bridgehead atoms. The van der Waals surface area contributed by atoms with Crippen molar-refractivity contribution < 1.29 is 14.6 Å². The Morgan fingerprint density at radius 3 is 2.76 bits per heavy atom. The number of aliphatic hydroxyl groups excluding tert-OH is 1. The van der Waals surface area contributed by atoms with Gasteiger partial charge in [-0.05, 0) is 18.6 Å². The molecule has 1 saturated heterocycles. The molecule has 94 valence electrons. The summed E-state index contributed by atoms with van der Waals surface area (Å²) in [6, 6.07) is 7.63. The van der Waals surface area contributed by atoms with Crippen molar-refractivity contribution in [1.82, 2.24) is 4.90 Å². The van der Waals surface area contributed by atoms with E-state index in [4.69, 9.17) is 9.47 Å². The van der Waals surface area contributed by atoms with Crippen molar-refractivity contribution >= 4 is 0 Å². The largest absolute Gasteiger partial charge is 0.493 e. The Labute approximate surface area is 102 Å². The van der Waals surface area contributed by atoms with Gasteiger partial charge in [0.15, 0.2) is 11.5 Å². The van der Waals surface area contributed by atoms with Gasteiger partial charge < -0.3 is 14.6 Å². The number of hydrogen-bond donors (Lipinski definition) is 1. The first-order valence-electron chi connectivity index (χ1n) is 5.96. The molecule has 1 aromatic carbocycles. The predicted octanol–water partition coefficient (Wildman–Crippen LogP) is 1.14. The van der Waals surface area contributed by atoms with E-state index >= 15 is 0 Å². The van der Waals surface area contributed by atoms with Gasteiger partial charge in [0, 0.05) is 19.6 Å². The molecule has 0 saturated carbocycles. The normalized spacial score (nSPS) is 20.5. The zero-order valence-corrected chi connectivity index (χ0v) is 10.1. The number of para-hydroxylation sites is 2. The lowest BCUT2D eigenvalue weighted by molar-refractivity contribution is 0.166. The fourth-order valence-electron chi connectivity index (χ4n) is 2.04. The van der Waals surface area contributed by atoms with Gasteiger partial charge in [-0.25, -0.2) is 0 Å². The van der Waals surface area contributed by atoms with Gasteiger partial charge in [-0.2, -0.15) is 0 Å². The first kappa shape index (κ1) is 12.2. The van der Waals surface area contributed by atoms with E-state index in [1.165, 1.54) is 0 Å². The van der Waals surface area contributed by atoms with Gasteiger partial charge in [-0.15, -0.1) is 0 Å². The van der Waals surface area contributed by atoms with Crippen LogP contribution in [0, 0.1) is 0 Å². The number of hydrogen-bond acceptors (Lipinski definition) is 4. The molecule has 0 amide bonds. The molecule has 0 radical (unpaired) electrons. The summed E-state index contributed by atoms with van der Waals surface area (Å²) in [6.07, 6.45) is 0.704. The van der Waals surface area contributed by atoms with Crippen LogP contribution in [0.2, 0.25) is 0 Å². The highest BCUT2D eigenvalue weighted by Gasteiger charge is 2.19. The van der Waals surface area contributed by atoms with Crippen molar-refractivity contribution in [2.75, 3.05) is 33.4 Å². The van der Waals surface area contributed by atoms with Crippen molar-refractivity contribution in [2.24, 2.45) is 0 Å². The minimum atomic E-state index is -0.165. The fourth-order valence-corrected chi connectivity index (χ4v) is 2.04. The fraction of sp³-hybridized carbons (Fsp3) is 0.538. The smallest absolute Gasteiger partial charge is 0.161 e. The van der Waals surface area contributed by atoms with Crippen LogP contribution in [0.15, 0.2) is 24.3 Å². The molecule has 0 aromatic heterocycles. The Balaban J connectivity index is 1.78. The van der Waals surface area contributed by atoms with Gasteiger partial charge in [0.05, 0.1) is 13.2 Å². The molecule has 0 spiro atoms. The zero-order valence-electron chi connectivity index (χ0n) is 10.1. The zero-order chi connectivity index (χ0) is 12.1. The van der Waals surface area contributed by atoms with Crippen molar-refractivity contribution in [1.29, 1.82) is 0 Å². The monoisotopic (exact) mass is 237 g/mol. The van der Waals surface area contributed by atoms with Crippen molar-refractivity contribution in [3.63, 3.8) is 0 Å². The third kappa shape index (κ3) is 3.35. The molecule has 1 atom stereocenters. The average molecular weight is 237 g/mol. The Kier molecular flexibility index (Phi) is 4.23. The summed E-state index contributed by atoms with van der Waals surface area (Å²) in [5, 5.41) is 9.40. The molecule has 0 aliphatic carbocycles. The quantitative estimate of drug-likeness (QED) is 0.834. The summed E-state index contributed by atoms with van der Waals surface area (Å²) in [4.78, 5) is 2.21. The molecule has 4 heteroatoms. The summed E-state index contributed by atoms with van der Waals surface area (Å²) in [5.41, 5.74) is 0. The van der Waals surface area contributed by atoms with Gasteiger partial charge in [-0.3, -0.25) is 4.90 Å². The van der Waals surface area contributed by atoms with Crippen LogP contribution in [0.3, 0.4) is 0 Å². The molecule has 1 fully saturated rings. The summed E-state index contributed by atoms with van der Waals surface area (Å²) < 4.78 is 10.9. The van der Waals surface area contributed by atoms with Crippen molar-refractivity contribution in [3.05, 3.63) is 24.3 Å². The number of nitrogens with zero attached hydrogens (tertiary/aromatic N) is 1. The summed E-state index contributed by atoms with van der Waals surface area (Å²) in [5.74, 6) is 1.53. The average Bonchev–Trinajstić information content (AvgIpc) is 2.76. The van der Waals surface area contributed by atoms with E-state index in [9.17, 15) is 5.11 Å². The standard InChI is InChI=1S/C13H19NO3/c1-16-12-4-2-3-5-13(12)17-9-8-14-7-6-11(15)10-14/h2-5,11,15H,6-10H2,1H3/t11-/m1/s1. The SMILES string of the molecule is COc1ccccc1OCCN1CC[C@@H](O)C1. The van der Waals surface area contributed by atoms with E-state index in [1.807, 2.05) is 24.3 Å². The van der Waals surface area contributed by atoms with Crippen LogP contribution in [-0.2, 0) is 0 Å². The van der Waals surface area contributed by atoms with E-state index in [-0.39, 0.29) is 6.10 Å². The second-order valence-corrected chi connectivity index (χ2v) is 4.24. The van der Waals surface area contributed by atoms with Crippen molar-refractivity contribution in [2.45, 2.75) is 12.5 Å². The maximum absolute atomic E-state index is 9.40. The first-order valence-corrected chi connectivity index (χ1v) is 5.96. The van der Waals surface area contributed by atoms with Crippen LogP contribution in [0.4, 0.5) is 0 Å². The Hall–Kier alpha value is -1.26. The van der Waals surface area contributed by atoms with Gasteiger partial charge in [-0.1, -0.05) is 12.1 Å².